The van der Waals surface area contributed by atoms with Gasteiger partial charge in [-0.25, -0.2) is 34.9 Å². The van der Waals surface area contributed by atoms with Gasteiger partial charge in [0.25, 0.3) is 0 Å². The molecule has 10 heteroatoms. The molecule has 0 aliphatic carbocycles. The van der Waals surface area contributed by atoms with Gasteiger partial charge in [0.1, 0.15) is 29.1 Å². The number of hydrogen-bond donors (Lipinski definition) is 0. The van der Waals surface area contributed by atoms with Crippen molar-refractivity contribution in [3.8, 4) is 11.1 Å². The molecule has 0 fully saturated rings. The second-order valence-electron chi connectivity index (χ2n) is 18.4. The molecule has 322 valence electrons. The van der Waals surface area contributed by atoms with E-state index in [1.165, 1.54) is 22.3 Å². The first-order valence-electron chi connectivity index (χ1n) is 20.7. The van der Waals surface area contributed by atoms with Crippen molar-refractivity contribution in [3.05, 3.63) is 141 Å². The van der Waals surface area contributed by atoms with Gasteiger partial charge in [0.2, 0.25) is 0 Å². The number of aryl methyl sites for hydroxylation is 10. The Morgan fingerprint density at radius 1 is 0.350 bits per heavy atom. The van der Waals surface area contributed by atoms with Crippen LogP contribution in [0.3, 0.4) is 0 Å². The first-order chi connectivity index (χ1) is 27.6. The van der Waals surface area contributed by atoms with E-state index in [0.717, 1.165) is 74.7 Å². The summed E-state index contributed by atoms with van der Waals surface area (Å²) in [5, 5.41) is 0. The first-order valence-corrected chi connectivity index (χ1v) is 20.7. The number of aromatic nitrogens is 10. The largest absolute Gasteiger partial charge is 0.261 e. The highest BCUT2D eigenvalue weighted by Crippen LogP contribution is 2.24. The molecule has 5 aromatic heterocycles. The molecule has 0 radical (unpaired) electrons. The van der Waals surface area contributed by atoms with Gasteiger partial charge in [-0.05, 0) is 106 Å². The molecule has 0 saturated carbocycles. The zero-order valence-electron chi connectivity index (χ0n) is 40.7. The van der Waals surface area contributed by atoms with E-state index in [-0.39, 0.29) is 16.2 Å². The van der Waals surface area contributed by atoms with Crippen LogP contribution in [-0.4, -0.2) is 49.8 Å². The molecule has 1 aromatic carbocycles. The third kappa shape index (κ3) is 16.3. The average molecular weight is 813 g/mol. The molecule has 0 spiro atoms. The zero-order valence-corrected chi connectivity index (χ0v) is 40.7. The maximum atomic E-state index is 4.55. The van der Waals surface area contributed by atoms with Gasteiger partial charge in [-0.15, -0.1) is 0 Å². The lowest BCUT2D eigenvalue weighted by Crippen LogP contribution is -2.24. The molecular weight excluding hydrogens is 741 g/mol. The van der Waals surface area contributed by atoms with Crippen LogP contribution in [0.5, 0.6) is 0 Å². The van der Waals surface area contributed by atoms with Gasteiger partial charge < -0.3 is 0 Å². The summed E-state index contributed by atoms with van der Waals surface area (Å²) in [6, 6.07) is 14.4. The summed E-state index contributed by atoms with van der Waals surface area (Å²) < 4.78 is 0. The van der Waals surface area contributed by atoms with E-state index in [2.05, 4.69) is 137 Å². The minimum Gasteiger partial charge on any atom is -0.261 e. The summed E-state index contributed by atoms with van der Waals surface area (Å²) in [6.07, 6.45) is 3.60. The highest BCUT2D eigenvalue weighted by atomic mass is 15.0. The van der Waals surface area contributed by atoms with Crippen molar-refractivity contribution in [1.82, 2.24) is 49.8 Å². The molecule has 6 aromatic rings. The van der Waals surface area contributed by atoms with Gasteiger partial charge in [0.05, 0.1) is 17.1 Å². The second-order valence-corrected chi connectivity index (χ2v) is 18.4. The quantitative estimate of drug-likeness (QED) is 0.158. The van der Waals surface area contributed by atoms with Crippen molar-refractivity contribution >= 4 is 0 Å². The highest BCUT2D eigenvalue weighted by Gasteiger charge is 2.24. The van der Waals surface area contributed by atoms with E-state index < -0.39 is 0 Å². The Balaban J connectivity index is 0.000000261. The number of benzene rings is 1. The van der Waals surface area contributed by atoms with Crippen LogP contribution >= 0.6 is 0 Å². The first kappa shape index (κ1) is 50.8. The molecule has 0 aliphatic rings. The van der Waals surface area contributed by atoms with E-state index in [9.17, 15) is 0 Å². The Morgan fingerprint density at radius 3 is 1.17 bits per heavy atom. The smallest absolute Gasteiger partial charge is 0.137 e. The van der Waals surface area contributed by atoms with Crippen molar-refractivity contribution < 1.29 is 0 Å². The minimum absolute atomic E-state index is 0.0201. The summed E-state index contributed by atoms with van der Waals surface area (Å²) in [7, 11) is 0. The van der Waals surface area contributed by atoms with Crippen LogP contribution in [0.2, 0.25) is 0 Å². The van der Waals surface area contributed by atoms with Gasteiger partial charge in [-0.1, -0.05) is 98.7 Å². The monoisotopic (exact) mass is 813 g/mol. The SMILES string of the molecule is Cc1cnc(C)c(C)n1.Cc1nc(C(C)(C)C)nc(C(C)(C)C)n1.Cc1nc(C(C)(C)C)nc(C)c1C.Cc1nc(C)c(C)c(C)n1.Cc1ncccc1-c1ccccc1. The third-order valence-electron chi connectivity index (χ3n) is 9.54. The molecule has 6 rings (SSSR count). The predicted octanol–water partition coefficient (Wildman–Crippen LogP) is 11.6. The standard InChI is InChI=1S/C12H21N3.C12H11N.C11H18N2.C8H12N2.C7H10N2/c1-8-13-9(11(2,3)4)15-10(14-8)12(5,6)7;1-10-12(8-5-9-13-10)11-6-3-2-4-7-11;1-7-8(2)12-10(11(4,5)6)13-9(7)3;1-5-6(2)9-8(4)10-7(5)3;1-5-4-8-6(2)7(3)9-5/h1-7H3;2-9H,1H3;1-6H3;1-4H3;4H,1-3H3. The van der Waals surface area contributed by atoms with Crippen LogP contribution in [0.4, 0.5) is 0 Å². The van der Waals surface area contributed by atoms with E-state index >= 15 is 0 Å². The van der Waals surface area contributed by atoms with E-state index in [4.69, 9.17) is 0 Å². The molecule has 0 amide bonds. The van der Waals surface area contributed by atoms with Crippen LogP contribution in [0.25, 0.3) is 11.1 Å². The van der Waals surface area contributed by atoms with Crippen molar-refractivity contribution in [1.29, 1.82) is 0 Å². The van der Waals surface area contributed by atoms with Crippen LogP contribution < -0.4 is 0 Å². The molecule has 0 unspecified atom stereocenters. The summed E-state index contributed by atoms with van der Waals surface area (Å²) >= 11 is 0. The van der Waals surface area contributed by atoms with Gasteiger partial charge in [-0.2, -0.15) is 0 Å². The Kier molecular flexibility index (Phi) is 18.4. The lowest BCUT2D eigenvalue weighted by Gasteiger charge is -2.22. The molecular formula is C50H72N10. The summed E-state index contributed by atoms with van der Waals surface area (Å²) in [5.74, 6) is 4.36. The average Bonchev–Trinajstić information content (AvgIpc) is 3.14. The molecule has 60 heavy (non-hydrogen) atoms. The minimum atomic E-state index is -0.0201. The maximum absolute atomic E-state index is 4.55. The molecule has 0 saturated heterocycles. The van der Waals surface area contributed by atoms with Crippen LogP contribution in [0.1, 0.15) is 148 Å². The zero-order chi connectivity index (χ0) is 45.7. The number of hydrogen-bond acceptors (Lipinski definition) is 10. The molecule has 5 heterocycles. The molecule has 0 N–H and O–H groups in total. The van der Waals surface area contributed by atoms with Crippen LogP contribution in [0, 0.1) is 83.1 Å². The second kappa shape index (κ2) is 21.7. The topological polar surface area (TPSA) is 129 Å². The van der Waals surface area contributed by atoms with Crippen molar-refractivity contribution in [2.75, 3.05) is 0 Å². The van der Waals surface area contributed by atoms with Crippen molar-refractivity contribution in [2.45, 2.75) is 162 Å². The van der Waals surface area contributed by atoms with E-state index in [1.54, 1.807) is 6.20 Å². The van der Waals surface area contributed by atoms with Gasteiger partial charge in [0, 0.05) is 62.7 Å². The predicted molar refractivity (Wildman–Crippen MR) is 249 cm³/mol. The van der Waals surface area contributed by atoms with Gasteiger partial charge in [0.15, 0.2) is 0 Å². The number of nitrogens with zero attached hydrogens (tertiary/aromatic N) is 10. The van der Waals surface area contributed by atoms with Crippen LogP contribution in [-0.2, 0) is 16.2 Å². The Bertz CT molecular complexity index is 2220. The molecule has 0 aliphatic heterocycles. The molecule has 0 bridgehead atoms. The van der Waals surface area contributed by atoms with E-state index in [0.29, 0.717) is 0 Å². The van der Waals surface area contributed by atoms with Gasteiger partial charge >= 0.3 is 0 Å². The van der Waals surface area contributed by atoms with Crippen LogP contribution in [0.15, 0.2) is 54.9 Å². The summed E-state index contributed by atoms with van der Waals surface area (Å²) in [5.41, 5.74) is 13.3. The number of rotatable bonds is 1. The van der Waals surface area contributed by atoms with Gasteiger partial charge in [-0.3, -0.25) is 15.0 Å². The lowest BCUT2D eigenvalue weighted by atomic mass is 9.93. The molecule has 0 atom stereocenters. The third-order valence-corrected chi connectivity index (χ3v) is 9.54. The Labute approximate surface area is 362 Å². The summed E-state index contributed by atoms with van der Waals surface area (Å²) in [4.78, 5) is 43.4. The fraction of sp³-hybridized carbons (Fsp3) is 0.480. The normalized spacial score (nSPS) is 11.1. The van der Waals surface area contributed by atoms with E-state index in [1.807, 2.05) is 107 Å². The fourth-order valence-electron chi connectivity index (χ4n) is 5.27. The summed E-state index contributed by atoms with van der Waals surface area (Å²) in [6.45, 7) is 43.1. The van der Waals surface area contributed by atoms with Crippen molar-refractivity contribution in [3.63, 3.8) is 0 Å². The maximum Gasteiger partial charge on any atom is 0.137 e. The number of pyridine rings is 1. The molecule has 10 nitrogen and oxygen atoms in total. The Morgan fingerprint density at radius 2 is 0.767 bits per heavy atom. The highest BCUT2D eigenvalue weighted by molar-refractivity contribution is 5.65. The lowest BCUT2D eigenvalue weighted by molar-refractivity contribution is 0.491. The Hall–Kier alpha value is -5.38. The fourth-order valence-corrected chi connectivity index (χ4v) is 5.27. The van der Waals surface area contributed by atoms with Crippen molar-refractivity contribution in [2.24, 2.45) is 0 Å².